The number of amides is 2. The number of nitrogens with one attached hydrogen (secondary N) is 1. The van der Waals surface area contributed by atoms with Crippen LogP contribution in [0.1, 0.15) is 44.9 Å². The number of carbonyl (C=O) groups is 2. The Labute approximate surface area is 127 Å². The van der Waals surface area contributed by atoms with Crippen LogP contribution >= 0.6 is 0 Å². The first-order valence-electron chi connectivity index (χ1n) is 8.54. The van der Waals surface area contributed by atoms with Gasteiger partial charge in [-0.1, -0.05) is 6.42 Å². The summed E-state index contributed by atoms with van der Waals surface area (Å²) in [6, 6.07) is -0.298. The van der Waals surface area contributed by atoms with Crippen molar-refractivity contribution in [1.29, 1.82) is 0 Å². The Morgan fingerprint density at radius 1 is 1.10 bits per heavy atom. The number of hydrogen-bond acceptors (Lipinski definition) is 3. The third-order valence-electron chi connectivity index (χ3n) is 5.17. The zero-order valence-electron chi connectivity index (χ0n) is 12.9. The van der Waals surface area contributed by atoms with Gasteiger partial charge in [0.25, 0.3) is 0 Å². The standard InChI is InChI=1S/C16H27N3O2/c20-15(18-8-2-1-3-9-18)11-14-16(21)19(10-7-17-14)12-13-5-4-6-13/h13-14,17H,1-12H2. The predicted octanol–water partition coefficient (Wildman–Crippen LogP) is 0.989. The number of carbonyl (C=O) groups excluding carboxylic acids is 2. The van der Waals surface area contributed by atoms with Crippen molar-refractivity contribution in [2.24, 2.45) is 5.92 Å². The molecular formula is C16H27N3O2. The summed E-state index contributed by atoms with van der Waals surface area (Å²) in [6.07, 6.45) is 7.59. The molecule has 0 aromatic rings. The molecule has 2 amide bonds. The minimum absolute atomic E-state index is 0.138. The van der Waals surface area contributed by atoms with Crippen LogP contribution < -0.4 is 5.32 Å². The van der Waals surface area contributed by atoms with E-state index in [9.17, 15) is 9.59 Å². The molecule has 118 valence electrons. The van der Waals surface area contributed by atoms with Gasteiger partial charge in [0.1, 0.15) is 0 Å². The summed E-state index contributed by atoms with van der Waals surface area (Å²) >= 11 is 0. The summed E-state index contributed by atoms with van der Waals surface area (Å²) in [5.41, 5.74) is 0. The Morgan fingerprint density at radius 3 is 2.52 bits per heavy atom. The predicted molar refractivity (Wildman–Crippen MR) is 80.8 cm³/mol. The maximum absolute atomic E-state index is 12.5. The number of rotatable bonds is 4. The second-order valence-electron chi connectivity index (χ2n) is 6.73. The van der Waals surface area contributed by atoms with Crippen molar-refractivity contribution < 1.29 is 9.59 Å². The lowest BCUT2D eigenvalue weighted by Crippen LogP contribution is -2.57. The molecule has 5 heteroatoms. The van der Waals surface area contributed by atoms with E-state index in [1.807, 2.05) is 9.80 Å². The quantitative estimate of drug-likeness (QED) is 0.841. The summed E-state index contributed by atoms with van der Waals surface area (Å²) < 4.78 is 0. The molecule has 0 spiro atoms. The van der Waals surface area contributed by atoms with E-state index in [1.165, 1.54) is 25.7 Å². The zero-order chi connectivity index (χ0) is 14.7. The molecule has 5 nitrogen and oxygen atoms in total. The number of piperazine rings is 1. The highest BCUT2D eigenvalue weighted by Gasteiger charge is 2.33. The van der Waals surface area contributed by atoms with Crippen LogP contribution in [-0.2, 0) is 9.59 Å². The summed E-state index contributed by atoms with van der Waals surface area (Å²) in [5, 5.41) is 3.24. The Bertz CT molecular complexity index is 389. The Balaban J connectivity index is 1.51. The molecule has 2 aliphatic heterocycles. The van der Waals surface area contributed by atoms with Crippen LogP contribution in [0.2, 0.25) is 0 Å². The third kappa shape index (κ3) is 3.57. The first-order chi connectivity index (χ1) is 10.2. The molecule has 3 rings (SSSR count). The van der Waals surface area contributed by atoms with Crippen LogP contribution in [-0.4, -0.2) is 60.4 Å². The van der Waals surface area contributed by atoms with Gasteiger partial charge in [0.2, 0.25) is 11.8 Å². The fourth-order valence-corrected chi connectivity index (χ4v) is 3.57. The average Bonchev–Trinajstić information content (AvgIpc) is 2.47. The monoisotopic (exact) mass is 293 g/mol. The van der Waals surface area contributed by atoms with E-state index in [1.54, 1.807) is 0 Å². The molecular weight excluding hydrogens is 266 g/mol. The Kier molecular flexibility index (Phi) is 4.78. The number of nitrogens with zero attached hydrogens (tertiary/aromatic N) is 2. The lowest BCUT2D eigenvalue weighted by molar-refractivity contribution is -0.142. The first-order valence-corrected chi connectivity index (χ1v) is 8.54. The van der Waals surface area contributed by atoms with Crippen molar-refractivity contribution >= 4 is 11.8 Å². The van der Waals surface area contributed by atoms with Crippen molar-refractivity contribution in [3.05, 3.63) is 0 Å². The van der Waals surface area contributed by atoms with Gasteiger partial charge in [0.05, 0.1) is 12.5 Å². The minimum atomic E-state index is -0.298. The Morgan fingerprint density at radius 2 is 1.86 bits per heavy atom. The lowest BCUT2D eigenvalue weighted by Gasteiger charge is -2.38. The largest absolute Gasteiger partial charge is 0.343 e. The second-order valence-corrected chi connectivity index (χ2v) is 6.73. The van der Waals surface area contributed by atoms with E-state index in [4.69, 9.17) is 0 Å². The number of piperidine rings is 1. The SMILES string of the molecule is O=C(CC1NCCN(CC2CCC2)C1=O)N1CCCCC1. The maximum atomic E-state index is 12.5. The molecule has 0 bridgehead atoms. The summed E-state index contributed by atoms with van der Waals surface area (Å²) in [7, 11) is 0. The lowest BCUT2D eigenvalue weighted by atomic mass is 9.85. The highest BCUT2D eigenvalue weighted by molar-refractivity contribution is 5.89. The van der Waals surface area contributed by atoms with Crippen molar-refractivity contribution in [3.8, 4) is 0 Å². The van der Waals surface area contributed by atoms with E-state index in [0.717, 1.165) is 45.6 Å². The normalized spacial score (nSPS) is 27.6. The van der Waals surface area contributed by atoms with Gasteiger partial charge in [-0.2, -0.15) is 0 Å². The molecule has 3 aliphatic rings. The van der Waals surface area contributed by atoms with Gasteiger partial charge >= 0.3 is 0 Å². The van der Waals surface area contributed by atoms with E-state index in [-0.39, 0.29) is 17.9 Å². The van der Waals surface area contributed by atoms with Gasteiger partial charge in [0.15, 0.2) is 0 Å². The van der Waals surface area contributed by atoms with Crippen molar-refractivity contribution in [2.45, 2.75) is 51.0 Å². The molecule has 1 unspecified atom stereocenters. The van der Waals surface area contributed by atoms with Gasteiger partial charge in [-0.3, -0.25) is 9.59 Å². The van der Waals surface area contributed by atoms with Gasteiger partial charge in [-0.05, 0) is 38.0 Å². The molecule has 1 saturated carbocycles. The fourth-order valence-electron chi connectivity index (χ4n) is 3.57. The van der Waals surface area contributed by atoms with Crippen LogP contribution in [0, 0.1) is 5.92 Å². The molecule has 2 saturated heterocycles. The average molecular weight is 293 g/mol. The van der Waals surface area contributed by atoms with Crippen LogP contribution in [0.4, 0.5) is 0 Å². The van der Waals surface area contributed by atoms with Gasteiger partial charge in [-0.25, -0.2) is 0 Å². The van der Waals surface area contributed by atoms with Crippen LogP contribution in [0.15, 0.2) is 0 Å². The van der Waals surface area contributed by atoms with Gasteiger partial charge in [-0.15, -0.1) is 0 Å². The summed E-state index contributed by atoms with van der Waals surface area (Å²) in [4.78, 5) is 28.7. The minimum Gasteiger partial charge on any atom is -0.343 e. The molecule has 1 aliphatic carbocycles. The molecule has 1 atom stereocenters. The smallest absolute Gasteiger partial charge is 0.240 e. The third-order valence-corrected chi connectivity index (χ3v) is 5.17. The number of hydrogen-bond donors (Lipinski definition) is 1. The fraction of sp³-hybridized carbons (Fsp3) is 0.875. The van der Waals surface area contributed by atoms with Crippen molar-refractivity contribution in [2.75, 3.05) is 32.7 Å². The van der Waals surface area contributed by atoms with Crippen LogP contribution in [0.5, 0.6) is 0 Å². The summed E-state index contributed by atoms with van der Waals surface area (Å²) in [5.74, 6) is 0.982. The molecule has 1 N–H and O–H groups in total. The zero-order valence-corrected chi connectivity index (χ0v) is 12.9. The van der Waals surface area contributed by atoms with E-state index in [2.05, 4.69) is 5.32 Å². The molecule has 0 aromatic carbocycles. The van der Waals surface area contributed by atoms with E-state index in [0.29, 0.717) is 12.3 Å². The van der Waals surface area contributed by atoms with E-state index < -0.39 is 0 Å². The molecule has 21 heavy (non-hydrogen) atoms. The molecule has 0 radical (unpaired) electrons. The highest BCUT2D eigenvalue weighted by Crippen LogP contribution is 2.27. The topological polar surface area (TPSA) is 52.7 Å². The van der Waals surface area contributed by atoms with Crippen LogP contribution in [0.25, 0.3) is 0 Å². The number of likely N-dealkylation sites (tertiary alicyclic amines) is 1. The maximum Gasteiger partial charge on any atom is 0.240 e. The molecule has 0 aromatic heterocycles. The van der Waals surface area contributed by atoms with Gasteiger partial charge in [0, 0.05) is 32.7 Å². The Hall–Kier alpha value is -1.10. The first kappa shape index (κ1) is 14.8. The van der Waals surface area contributed by atoms with Crippen LogP contribution in [0.3, 0.4) is 0 Å². The van der Waals surface area contributed by atoms with Gasteiger partial charge < -0.3 is 15.1 Å². The molecule has 2 heterocycles. The second kappa shape index (κ2) is 6.77. The van der Waals surface area contributed by atoms with E-state index >= 15 is 0 Å². The summed E-state index contributed by atoms with van der Waals surface area (Å²) in [6.45, 7) is 4.24. The highest BCUT2D eigenvalue weighted by atomic mass is 16.2. The van der Waals surface area contributed by atoms with Crippen molar-refractivity contribution in [1.82, 2.24) is 15.1 Å². The van der Waals surface area contributed by atoms with Crippen molar-refractivity contribution in [3.63, 3.8) is 0 Å². The molecule has 3 fully saturated rings.